The van der Waals surface area contributed by atoms with Gasteiger partial charge in [-0.15, -0.1) is 5.92 Å². The molecular formula is C19H21F3N6O3S. The van der Waals surface area contributed by atoms with Gasteiger partial charge in [0.2, 0.25) is 11.5 Å². The summed E-state index contributed by atoms with van der Waals surface area (Å²) in [6, 6.07) is 2.69. The molecule has 1 fully saturated rings. The Labute approximate surface area is 184 Å². The third kappa shape index (κ3) is 4.68. The molecule has 3 atom stereocenters. The first-order valence-electron chi connectivity index (χ1n) is 9.40. The molecule has 2 aromatic rings. The number of nitrogen functional groups attached to an aromatic ring is 1. The van der Waals surface area contributed by atoms with E-state index in [1.54, 1.807) is 28.3 Å². The second kappa shape index (κ2) is 9.37. The van der Waals surface area contributed by atoms with E-state index in [0.717, 1.165) is 12.4 Å². The Morgan fingerprint density at radius 1 is 1.22 bits per heavy atom. The highest BCUT2D eigenvalue weighted by Gasteiger charge is 2.55. The zero-order valence-corrected chi connectivity index (χ0v) is 17.8. The number of aliphatic hydroxyl groups is 2. The maximum Gasteiger partial charge on any atom is 0.423 e. The molecule has 0 bridgehead atoms. The Morgan fingerprint density at radius 3 is 2.44 bits per heavy atom. The van der Waals surface area contributed by atoms with E-state index in [4.69, 9.17) is 10.8 Å². The first-order chi connectivity index (χ1) is 15.1. The molecule has 32 heavy (non-hydrogen) atoms. The molecule has 172 valence electrons. The summed E-state index contributed by atoms with van der Waals surface area (Å²) in [4.78, 5) is 14.0. The lowest BCUT2D eigenvalue weighted by Crippen LogP contribution is -2.53. The quantitative estimate of drug-likeness (QED) is 0.537. The number of alkyl halides is 3. The van der Waals surface area contributed by atoms with Crippen LogP contribution in [0.2, 0.25) is 0 Å². The van der Waals surface area contributed by atoms with Crippen LogP contribution in [0, 0.1) is 11.8 Å². The van der Waals surface area contributed by atoms with Crippen molar-refractivity contribution in [2.24, 2.45) is 0 Å². The van der Waals surface area contributed by atoms with Crippen LogP contribution in [0.1, 0.15) is 12.5 Å². The smallest absolute Gasteiger partial charge is 0.393 e. The molecule has 0 saturated carbocycles. The number of piperazine rings is 1. The first-order valence-corrected chi connectivity index (χ1v) is 10.5. The van der Waals surface area contributed by atoms with Crippen LogP contribution in [-0.4, -0.2) is 72.1 Å². The van der Waals surface area contributed by atoms with Gasteiger partial charge in [0.25, 0.3) is 0 Å². The van der Waals surface area contributed by atoms with E-state index < -0.39 is 41.0 Å². The van der Waals surface area contributed by atoms with Crippen molar-refractivity contribution in [1.29, 1.82) is 0 Å². The summed E-state index contributed by atoms with van der Waals surface area (Å²) < 4.78 is 54.0. The molecule has 2 aromatic heterocycles. The lowest BCUT2D eigenvalue weighted by Gasteiger charge is -2.38. The van der Waals surface area contributed by atoms with Gasteiger partial charge in [-0.05, 0) is 19.1 Å². The molecule has 3 rings (SSSR count). The number of rotatable bonds is 5. The predicted molar refractivity (Wildman–Crippen MR) is 110 cm³/mol. The molecule has 4 N–H and O–H groups in total. The summed E-state index contributed by atoms with van der Waals surface area (Å²) >= 11 is 0. The molecule has 1 aliphatic heterocycles. The molecular weight excluding hydrogens is 449 g/mol. The zero-order chi connectivity index (χ0) is 23.5. The average Bonchev–Trinajstić information content (AvgIpc) is 2.78. The van der Waals surface area contributed by atoms with Gasteiger partial charge in [-0.25, -0.2) is 23.5 Å². The highest BCUT2D eigenvalue weighted by Crippen LogP contribution is 2.38. The van der Waals surface area contributed by atoms with Gasteiger partial charge in [-0.3, -0.25) is 0 Å². The molecule has 0 amide bonds. The number of nitrogens with two attached hydrogens (primary N) is 1. The largest absolute Gasteiger partial charge is 0.423 e. The van der Waals surface area contributed by atoms with Crippen LogP contribution in [0.3, 0.4) is 0 Å². The number of pyridine rings is 1. The maximum absolute atomic E-state index is 13.1. The third-order valence-corrected chi connectivity index (χ3v) is 6.37. The van der Waals surface area contributed by atoms with Crippen molar-refractivity contribution in [3.05, 3.63) is 36.3 Å². The number of aliphatic hydroxyl groups excluding tert-OH is 1. The number of hydrogen-bond donors (Lipinski definition) is 3. The van der Waals surface area contributed by atoms with E-state index in [2.05, 4.69) is 26.8 Å². The molecule has 0 radical (unpaired) electrons. The minimum atomic E-state index is -5.10. The fraction of sp³-hybridized carbons (Fsp3) is 0.421. The molecule has 3 heterocycles. The van der Waals surface area contributed by atoms with E-state index in [1.165, 1.54) is 6.20 Å². The standard InChI is InChI=1S/C19H21F3N6O3S/c1-2-3-14-11-27(32(31)15-4-5-16(23)24-10-15)6-7-28(14)17-25-8-13(9-26-17)18(30,12-29)19(20,21)22/h4-5,8-10,14,29-30H,6-7,11-12H2,1H3,(H2,23,24). The second-order valence-corrected chi connectivity index (χ2v) is 8.43. The number of halogens is 3. The molecule has 0 aliphatic carbocycles. The lowest BCUT2D eigenvalue weighted by atomic mass is 9.97. The summed E-state index contributed by atoms with van der Waals surface area (Å²) in [5, 5.41) is 18.9. The minimum Gasteiger partial charge on any atom is -0.393 e. The number of anilines is 2. The lowest BCUT2D eigenvalue weighted by molar-refractivity contribution is -0.277. The van der Waals surface area contributed by atoms with E-state index in [1.807, 2.05) is 0 Å². The van der Waals surface area contributed by atoms with Gasteiger partial charge in [0.15, 0.2) is 0 Å². The van der Waals surface area contributed by atoms with Crippen LogP contribution in [-0.2, 0) is 16.6 Å². The average molecular weight is 470 g/mol. The van der Waals surface area contributed by atoms with Crippen LogP contribution in [0.5, 0.6) is 0 Å². The summed E-state index contributed by atoms with van der Waals surface area (Å²) in [5.41, 5.74) is 1.43. The Morgan fingerprint density at radius 2 is 1.91 bits per heavy atom. The third-order valence-electron chi connectivity index (χ3n) is 4.92. The van der Waals surface area contributed by atoms with Crippen LogP contribution < -0.4 is 10.6 Å². The van der Waals surface area contributed by atoms with Crippen LogP contribution in [0.4, 0.5) is 24.9 Å². The van der Waals surface area contributed by atoms with Crippen LogP contribution in [0.25, 0.3) is 0 Å². The SMILES string of the molecule is CC#CC1CN(S(=O)c2ccc(N)nc2)CCN1c1ncc(C(O)(CO)C(F)(F)F)cn1. The first kappa shape index (κ1) is 23.9. The zero-order valence-electron chi connectivity index (χ0n) is 17.0. The van der Waals surface area contributed by atoms with Gasteiger partial charge in [0.05, 0.1) is 11.5 Å². The molecule has 1 saturated heterocycles. The molecule has 0 aromatic carbocycles. The van der Waals surface area contributed by atoms with Crippen molar-refractivity contribution in [1.82, 2.24) is 19.3 Å². The van der Waals surface area contributed by atoms with Crippen molar-refractivity contribution >= 4 is 22.8 Å². The molecule has 1 aliphatic rings. The van der Waals surface area contributed by atoms with Crippen molar-refractivity contribution in [3.63, 3.8) is 0 Å². The van der Waals surface area contributed by atoms with Crippen molar-refractivity contribution in [2.75, 3.05) is 36.9 Å². The normalized spacial score (nSPS) is 20.2. The summed E-state index contributed by atoms with van der Waals surface area (Å²) in [5.74, 6) is 6.17. The fourth-order valence-corrected chi connectivity index (χ4v) is 4.26. The van der Waals surface area contributed by atoms with Gasteiger partial charge in [-0.1, -0.05) is 5.92 Å². The predicted octanol–water partition coefficient (Wildman–Crippen LogP) is 0.433. The second-order valence-electron chi connectivity index (χ2n) is 6.95. The van der Waals surface area contributed by atoms with Crippen molar-refractivity contribution in [3.8, 4) is 11.8 Å². The highest BCUT2D eigenvalue weighted by atomic mass is 32.2. The Bertz CT molecular complexity index is 1030. The monoisotopic (exact) mass is 470 g/mol. The van der Waals surface area contributed by atoms with Crippen LogP contribution >= 0.6 is 0 Å². The number of aromatic nitrogens is 3. The van der Waals surface area contributed by atoms with Gasteiger partial charge >= 0.3 is 6.18 Å². The summed E-state index contributed by atoms with van der Waals surface area (Å²) in [6.45, 7) is 0.968. The fourth-order valence-electron chi connectivity index (χ4n) is 3.11. The minimum absolute atomic E-state index is 0.101. The Balaban J connectivity index is 1.81. The van der Waals surface area contributed by atoms with Crippen molar-refractivity contribution < 1.29 is 27.6 Å². The molecule has 9 nitrogen and oxygen atoms in total. The van der Waals surface area contributed by atoms with E-state index in [9.17, 15) is 22.5 Å². The molecule has 13 heteroatoms. The van der Waals surface area contributed by atoms with Crippen LogP contribution in [0.15, 0.2) is 35.6 Å². The van der Waals surface area contributed by atoms with Gasteiger partial charge in [-0.2, -0.15) is 13.2 Å². The van der Waals surface area contributed by atoms with E-state index in [0.29, 0.717) is 23.8 Å². The van der Waals surface area contributed by atoms with Crippen molar-refractivity contribution in [2.45, 2.75) is 29.6 Å². The maximum atomic E-state index is 13.1. The van der Waals surface area contributed by atoms with Gasteiger partial charge in [0, 0.05) is 43.8 Å². The van der Waals surface area contributed by atoms with Gasteiger partial charge in [0.1, 0.15) is 22.8 Å². The molecule has 3 unspecified atom stereocenters. The topological polar surface area (TPSA) is 129 Å². The Kier molecular flexibility index (Phi) is 6.99. The highest BCUT2D eigenvalue weighted by molar-refractivity contribution is 7.82. The van der Waals surface area contributed by atoms with E-state index in [-0.39, 0.29) is 12.5 Å². The van der Waals surface area contributed by atoms with E-state index >= 15 is 0 Å². The Hall–Kier alpha value is -2.79. The number of nitrogens with zero attached hydrogens (tertiary/aromatic N) is 5. The molecule has 0 spiro atoms. The summed E-state index contributed by atoms with van der Waals surface area (Å²) in [7, 11) is -1.51. The summed E-state index contributed by atoms with van der Waals surface area (Å²) in [6.07, 6.45) is -2.02. The number of hydrogen-bond acceptors (Lipinski definition) is 8. The van der Waals surface area contributed by atoms with Gasteiger partial charge < -0.3 is 20.8 Å².